The summed E-state index contributed by atoms with van der Waals surface area (Å²) in [6, 6.07) is 16.9. The van der Waals surface area contributed by atoms with E-state index in [0.717, 1.165) is 16.6 Å². The Morgan fingerprint density at radius 3 is 1.44 bits per heavy atom. The second-order valence-corrected chi connectivity index (χ2v) is 13.3. The molecule has 0 bridgehead atoms. The van der Waals surface area contributed by atoms with Crippen molar-refractivity contribution < 1.29 is 17.5 Å². The van der Waals surface area contributed by atoms with Crippen LogP contribution in [-0.2, 0) is 16.7 Å². The SMILES string of the molecule is CCCCCCCCCCCCCCCCCC[N+](C)(C)Cc1ccccc1.Cc1ccc(S(=O)(=O)O)cc1. The van der Waals surface area contributed by atoms with E-state index in [9.17, 15) is 8.42 Å². The van der Waals surface area contributed by atoms with E-state index in [1.807, 2.05) is 6.92 Å². The van der Waals surface area contributed by atoms with E-state index in [1.165, 1.54) is 127 Å². The molecule has 2 aromatic carbocycles. The van der Waals surface area contributed by atoms with Gasteiger partial charge in [-0.1, -0.05) is 145 Å². The molecule has 222 valence electrons. The molecule has 0 aliphatic carbocycles. The third-order valence-corrected chi connectivity index (χ3v) is 8.26. The van der Waals surface area contributed by atoms with Crippen LogP contribution in [0.1, 0.15) is 121 Å². The van der Waals surface area contributed by atoms with Crippen molar-refractivity contribution in [2.75, 3.05) is 20.6 Å². The summed E-state index contributed by atoms with van der Waals surface area (Å²) in [6.07, 6.45) is 23.2. The van der Waals surface area contributed by atoms with E-state index in [1.54, 1.807) is 12.1 Å². The van der Waals surface area contributed by atoms with E-state index in [-0.39, 0.29) is 4.90 Å². The minimum Gasteiger partial charge on any atom is -0.325 e. The number of aryl methyl sites for hydroxylation is 1. The summed E-state index contributed by atoms with van der Waals surface area (Å²) in [6.45, 7) is 6.59. The second-order valence-electron chi connectivity index (χ2n) is 11.9. The lowest BCUT2D eigenvalue weighted by Crippen LogP contribution is -2.39. The third kappa shape index (κ3) is 19.9. The number of rotatable bonds is 20. The van der Waals surface area contributed by atoms with Crippen molar-refractivity contribution in [3.63, 3.8) is 0 Å². The molecule has 0 fully saturated rings. The number of hydrogen-bond acceptors (Lipinski definition) is 2. The normalized spacial score (nSPS) is 11.7. The van der Waals surface area contributed by atoms with Crippen LogP contribution in [0.2, 0.25) is 0 Å². The zero-order chi connectivity index (χ0) is 28.8. The van der Waals surface area contributed by atoms with Gasteiger partial charge in [-0.3, -0.25) is 4.55 Å². The molecule has 0 heterocycles. The fraction of sp³-hybridized carbons (Fsp3) is 0.647. The van der Waals surface area contributed by atoms with Gasteiger partial charge in [0.25, 0.3) is 10.1 Å². The Bertz CT molecular complexity index is 940. The summed E-state index contributed by atoms with van der Waals surface area (Å²) >= 11 is 0. The second kappa shape index (κ2) is 21.1. The predicted octanol–water partition coefficient (Wildman–Crippen LogP) is 9.77. The molecule has 0 aliphatic heterocycles. The molecule has 0 saturated carbocycles. The Hall–Kier alpha value is -1.69. The van der Waals surface area contributed by atoms with Gasteiger partial charge in [-0.05, 0) is 31.9 Å². The summed E-state index contributed by atoms with van der Waals surface area (Å²) in [5, 5.41) is 0. The summed E-state index contributed by atoms with van der Waals surface area (Å²) in [5.41, 5.74) is 2.42. The maximum absolute atomic E-state index is 10.5. The lowest BCUT2D eigenvalue weighted by atomic mass is 10.0. The molecular weight excluding hydrogens is 502 g/mol. The van der Waals surface area contributed by atoms with E-state index in [2.05, 4.69) is 51.4 Å². The van der Waals surface area contributed by atoms with Crippen molar-refractivity contribution in [2.24, 2.45) is 0 Å². The fourth-order valence-corrected chi connectivity index (χ4v) is 5.43. The third-order valence-electron chi connectivity index (χ3n) is 7.39. The molecule has 0 spiro atoms. The van der Waals surface area contributed by atoms with Gasteiger partial charge in [0.2, 0.25) is 0 Å². The molecule has 0 radical (unpaired) electrons. The van der Waals surface area contributed by atoms with Crippen molar-refractivity contribution in [2.45, 2.75) is 128 Å². The van der Waals surface area contributed by atoms with Crippen LogP contribution >= 0.6 is 0 Å². The largest absolute Gasteiger partial charge is 0.325 e. The van der Waals surface area contributed by atoms with Crippen molar-refractivity contribution in [1.29, 1.82) is 0 Å². The average Bonchev–Trinajstić information content (AvgIpc) is 2.89. The standard InChI is InChI=1S/C27H50N.C7H8O3S/c1-4-5-6-7-8-9-10-11-12-13-14-15-16-17-18-22-25-28(2,3)26-27-23-20-19-21-24-27;1-6-2-4-7(5-3-6)11(8,9)10/h19-21,23-24H,4-18,22,25-26H2,1-3H3;2-5H,1H3,(H,8,9,10)/q+1;. The molecule has 0 amide bonds. The summed E-state index contributed by atoms with van der Waals surface area (Å²) in [5.74, 6) is 0. The van der Waals surface area contributed by atoms with Crippen LogP contribution in [0.4, 0.5) is 0 Å². The zero-order valence-electron chi connectivity index (χ0n) is 25.5. The van der Waals surface area contributed by atoms with Gasteiger partial charge in [0.05, 0.1) is 25.5 Å². The average molecular weight is 561 g/mol. The smallest absolute Gasteiger partial charge is 0.294 e. The van der Waals surface area contributed by atoms with Crippen LogP contribution in [0.25, 0.3) is 0 Å². The van der Waals surface area contributed by atoms with Crippen LogP contribution in [0.3, 0.4) is 0 Å². The van der Waals surface area contributed by atoms with E-state index >= 15 is 0 Å². The van der Waals surface area contributed by atoms with Gasteiger partial charge in [0.1, 0.15) is 6.54 Å². The Kier molecular flexibility index (Phi) is 19.1. The Labute approximate surface area is 241 Å². The first-order valence-electron chi connectivity index (χ1n) is 15.5. The molecule has 0 unspecified atom stereocenters. The van der Waals surface area contributed by atoms with Crippen molar-refractivity contribution >= 4 is 10.1 Å². The highest BCUT2D eigenvalue weighted by Gasteiger charge is 2.14. The minimum absolute atomic E-state index is 0.0666. The van der Waals surface area contributed by atoms with Gasteiger partial charge in [0.15, 0.2) is 0 Å². The molecule has 0 saturated heterocycles. The van der Waals surface area contributed by atoms with Crippen molar-refractivity contribution in [3.05, 3.63) is 65.7 Å². The molecule has 5 heteroatoms. The first-order chi connectivity index (χ1) is 18.6. The highest BCUT2D eigenvalue weighted by Crippen LogP contribution is 2.15. The van der Waals surface area contributed by atoms with Gasteiger partial charge in [0, 0.05) is 5.56 Å². The van der Waals surface area contributed by atoms with Crippen molar-refractivity contribution in [1.82, 2.24) is 0 Å². The van der Waals surface area contributed by atoms with Crippen LogP contribution in [0, 0.1) is 6.92 Å². The molecule has 1 N–H and O–H groups in total. The molecular formula is C34H58NO3S+. The maximum atomic E-state index is 10.5. The zero-order valence-corrected chi connectivity index (χ0v) is 26.4. The Balaban J connectivity index is 0.000000573. The van der Waals surface area contributed by atoms with Crippen LogP contribution in [0.5, 0.6) is 0 Å². The molecule has 2 rings (SSSR count). The maximum Gasteiger partial charge on any atom is 0.294 e. The Morgan fingerprint density at radius 1 is 0.615 bits per heavy atom. The lowest BCUT2D eigenvalue weighted by Gasteiger charge is -2.30. The molecule has 0 aliphatic rings. The molecule has 39 heavy (non-hydrogen) atoms. The van der Waals surface area contributed by atoms with Crippen LogP contribution in [0.15, 0.2) is 59.5 Å². The molecule has 0 atom stereocenters. The van der Waals surface area contributed by atoms with Gasteiger partial charge < -0.3 is 4.48 Å². The number of quaternary nitrogens is 1. The first kappa shape index (κ1) is 35.3. The fourth-order valence-electron chi connectivity index (χ4n) is 4.95. The van der Waals surface area contributed by atoms with E-state index < -0.39 is 10.1 Å². The minimum atomic E-state index is -4.02. The molecule has 0 aromatic heterocycles. The monoisotopic (exact) mass is 560 g/mol. The van der Waals surface area contributed by atoms with E-state index in [0.29, 0.717) is 0 Å². The highest BCUT2D eigenvalue weighted by atomic mass is 32.2. The first-order valence-corrected chi connectivity index (χ1v) is 17.0. The van der Waals surface area contributed by atoms with Gasteiger partial charge in [-0.15, -0.1) is 0 Å². The van der Waals surface area contributed by atoms with Gasteiger partial charge in [-0.25, -0.2) is 0 Å². The van der Waals surface area contributed by atoms with Crippen LogP contribution < -0.4 is 0 Å². The molecule has 4 nitrogen and oxygen atoms in total. The van der Waals surface area contributed by atoms with E-state index in [4.69, 9.17) is 4.55 Å². The van der Waals surface area contributed by atoms with Crippen LogP contribution in [-0.4, -0.2) is 38.1 Å². The number of nitrogens with zero attached hydrogens (tertiary/aromatic N) is 1. The van der Waals surface area contributed by atoms with Crippen molar-refractivity contribution in [3.8, 4) is 0 Å². The summed E-state index contributed by atoms with van der Waals surface area (Å²) < 4.78 is 30.7. The summed E-state index contributed by atoms with van der Waals surface area (Å²) in [7, 11) is 0.727. The van der Waals surface area contributed by atoms with Gasteiger partial charge in [-0.2, -0.15) is 8.42 Å². The molecule has 2 aromatic rings. The number of benzene rings is 2. The number of hydrogen-bond donors (Lipinski definition) is 1. The lowest BCUT2D eigenvalue weighted by molar-refractivity contribution is -0.903. The highest BCUT2D eigenvalue weighted by molar-refractivity contribution is 7.85. The quantitative estimate of drug-likeness (QED) is 0.0996. The number of unbranched alkanes of at least 4 members (excludes halogenated alkanes) is 15. The van der Waals surface area contributed by atoms with Gasteiger partial charge >= 0.3 is 0 Å². The predicted molar refractivity (Wildman–Crippen MR) is 168 cm³/mol. The Morgan fingerprint density at radius 2 is 1.03 bits per heavy atom. The summed E-state index contributed by atoms with van der Waals surface area (Å²) in [4.78, 5) is -0.0666. The topological polar surface area (TPSA) is 54.4 Å².